The lowest BCUT2D eigenvalue weighted by Gasteiger charge is -2.01. The van der Waals surface area contributed by atoms with Crippen LogP contribution >= 0.6 is 0 Å². The topological polar surface area (TPSA) is 83.6 Å². The van der Waals surface area contributed by atoms with Gasteiger partial charge in [-0.3, -0.25) is 14.9 Å². The number of hydrogen-bond acceptors (Lipinski definition) is 4. The predicted molar refractivity (Wildman–Crippen MR) is 64.2 cm³/mol. The van der Waals surface area contributed by atoms with Crippen LogP contribution in [0.1, 0.15) is 23.1 Å². The van der Waals surface area contributed by atoms with E-state index >= 15 is 0 Å². The third-order valence-corrected chi connectivity index (χ3v) is 2.99. The normalized spacial score (nSPS) is 21.3. The first kappa shape index (κ1) is 11.5. The van der Waals surface area contributed by atoms with E-state index < -0.39 is 18.0 Å². The highest BCUT2D eigenvalue weighted by molar-refractivity contribution is 6.04. The summed E-state index contributed by atoms with van der Waals surface area (Å²) in [4.78, 5) is 27.7. The first-order valence-electron chi connectivity index (χ1n) is 5.75. The first-order chi connectivity index (χ1) is 9.17. The number of nitrogens with zero attached hydrogens (tertiary/aromatic N) is 1. The number of amides is 3. The molecular formula is C12H12N3O4+. The quantitative estimate of drug-likeness (QED) is 0.594. The van der Waals surface area contributed by atoms with Crippen molar-refractivity contribution in [3.63, 3.8) is 0 Å². The number of carbonyl (C=O) groups excluding carboxylic acids is 2. The van der Waals surface area contributed by atoms with Gasteiger partial charge in [-0.1, -0.05) is 0 Å². The fourth-order valence-electron chi connectivity index (χ4n) is 2.05. The van der Waals surface area contributed by atoms with E-state index in [1.54, 1.807) is 30.2 Å². The van der Waals surface area contributed by atoms with Crippen molar-refractivity contribution in [2.24, 2.45) is 0 Å². The number of hydroxylamine groups is 1. The van der Waals surface area contributed by atoms with Crippen molar-refractivity contribution in [1.82, 2.24) is 10.6 Å². The summed E-state index contributed by atoms with van der Waals surface area (Å²) in [5, 5.41) is 4.67. The molecule has 1 aromatic rings. The van der Waals surface area contributed by atoms with Crippen LogP contribution in [0.25, 0.3) is 6.08 Å². The van der Waals surface area contributed by atoms with Crippen LogP contribution in [-0.4, -0.2) is 30.0 Å². The molecule has 1 aromatic heterocycles. The number of carbonyl (C=O) groups is 2. The summed E-state index contributed by atoms with van der Waals surface area (Å²) >= 11 is 0. The van der Waals surface area contributed by atoms with E-state index in [0.29, 0.717) is 17.9 Å². The molecule has 0 radical (unpaired) electrons. The van der Waals surface area contributed by atoms with Crippen LogP contribution in [0.4, 0.5) is 4.79 Å². The number of hydrogen-bond donors (Lipinski definition) is 2. The van der Waals surface area contributed by atoms with Gasteiger partial charge in [0.05, 0.1) is 6.42 Å². The van der Waals surface area contributed by atoms with Crippen LogP contribution in [0.2, 0.25) is 0 Å². The van der Waals surface area contributed by atoms with Crippen LogP contribution < -0.4 is 10.6 Å². The molecule has 2 aliphatic rings. The van der Waals surface area contributed by atoms with Crippen LogP contribution in [0.3, 0.4) is 0 Å². The molecule has 1 atom stereocenters. The van der Waals surface area contributed by atoms with Gasteiger partial charge in [-0.25, -0.2) is 4.79 Å². The minimum absolute atomic E-state index is 0.402. The Hall–Kier alpha value is -2.57. The average Bonchev–Trinajstić information content (AvgIpc) is 2.87. The van der Waals surface area contributed by atoms with E-state index in [9.17, 15) is 9.59 Å². The Kier molecular flexibility index (Phi) is 2.59. The highest BCUT2D eigenvalue weighted by atomic mass is 16.6. The van der Waals surface area contributed by atoms with E-state index in [1.807, 2.05) is 6.21 Å². The van der Waals surface area contributed by atoms with Crippen molar-refractivity contribution in [2.45, 2.75) is 12.5 Å². The van der Waals surface area contributed by atoms with E-state index in [-0.39, 0.29) is 0 Å². The van der Waals surface area contributed by atoms with E-state index in [4.69, 9.17) is 9.25 Å². The summed E-state index contributed by atoms with van der Waals surface area (Å²) in [6.45, 7) is 0. The predicted octanol–water partition coefficient (Wildman–Crippen LogP) is 0.332. The summed E-state index contributed by atoms with van der Waals surface area (Å²) in [6, 6.07) is 0.506. The summed E-state index contributed by atoms with van der Waals surface area (Å²) in [5.41, 5.74) is 0.930. The van der Waals surface area contributed by atoms with Crippen LogP contribution in [0.5, 0.6) is 0 Å². The molecule has 98 valence electrons. The van der Waals surface area contributed by atoms with E-state index in [0.717, 1.165) is 5.56 Å². The van der Waals surface area contributed by atoms with Crippen LogP contribution in [-0.2, 0) is 16.1 Å². The standard InChI is InChI=1S/C12H11N3O4/c1-18-15-4-2-7-6-9(19-8(7)3-5-15)10-11(16)14-12(17)13-10/h3-6,10H,2H2,1H3,(H-,13,14,16,17)/p+1. The Labute approximate surface area is 108 Å². The molecule has 0 bridgehead atoms. The zero-order valence-electron chi connectivity index (χ0n) is 10.2. The van der Waals surface area contributed by atoms with Gasteiger partial charge in [-0.2, -0.15) is 0 Å². The maximum absolute atomic E-state index is 11.6. The lowest BCUT2D eigenvalue weighted by atomic mass is 10.1. The first-order valence-corrected chi connectivity index (χ1v) is 5.75. The second-order valence-corrected chi connectivity index (χ2v) is 4.18. The van der Waals surface area contributed by atoms with Crippen molar-refractivity contribution in [3.05, 3.63) is 29.4 Å². The van der Waals surface area contributed by atoms with Gasteiger partial charge in [0.25, 0.3) is 5.91 Å². The molecule has 3 amide bonds. The van der Waals surface area contributed by atoms with Crippen LogP contribution in [0, 0.1) is 0 Å². The fourth-order valence-corrected chi connectivity index (χ4v) is 2.05. The molecule has 0 spiro atoms. The van der Waals surface area contributed by atoms with Gasteiger partial charge in [0.15, 0.2) is 6.04 Å². The molecule has 0 aliphatic carbocycles. The Bertz CT molecular complexity index is 614. The largest absolute Gasteiger partial charge is 0.458 e. The Morgan fingerprint density at radius 1 is 1.47 bits per heavy atom. The van der Waals surface area contributed by atoms with Gasteiger partial charge < -0.3 is 9.73 Å². The Balaban J connectivity index is 1.90. The number of imide groups is 1. The van der Waals surface area contributed by atoms with Crippen molar-refractivity contribution in [2.75, 3.05) is 7.11 Å². The van der Waals surface area contributed by atoms with Gasteiger partial charge >= 0.3 is 6.03 Å². The molecule has 1 unspecified atom stereocenters. The fraction of sp³-hybridized carbons (Fsp3) is 0.250. The molecule has 7 heteroatoms. The van der Waals surface area contributed by atoms with E-state index in [2.05, 4.69) is 10.6 Å². The smallest absolute Gasteiger partial charge is 0.322 e. The minimum Gasteiger partial charge on any atom is -0.458 e. The number of fused-ring (bicyclic) bond motifs is 1. The summed E-state index contributed by atoms with van der Waals surface area (Å²) in [6.07, 6.45) is 5.92. The summed E-state index contributed by atoms with van der Waals surface area (Å²) in [7, 11) is 1.57. The molecular weight excluding hydrogens is 250 g/mol. The van der Waals surface area contributed by atoms with Gasteiger partial charge in [-0.05, 0) is 6.07 Å². The zero-order chi connectivity index (χ0) is 13.4. The summed E-state index contributed by atoms with van der Waals surface area (Å²) in [5.74, 6) is 0.678. The highest BCUT2D eigenvalue weighted by Crippen LogP contribution is 2.25. The Morgan fingerprint density at radius 2 is 2.32 bits per heavy atom. The highest BCUT2D eigenvalue weighted by Gasteiger charge is 2.34. The number of nitrogens with one attached hydrogen (secondary N) is 2. The van der Waals surface area contributed by atoms with Crippen molar-refractivity contribution >= 4 is 24.2 Å². The van der Waals surface area contributed by atoms with Crippen molar-refractivity contribution < 1.29 is 23.6 Å². The van der Waals surface area contributed by atoms with Crippen LogP contribution in [0.15, 0.2) is 16.7 Å². The maximum atomic E-state index is 11.6. The molecule has 3 heterocycles. The molecule has 1 saturated heterocycles. The number of furan rings is 1. The van der Waals surface area contributed by atoms with E-state index in [1.165, 1.54) is 0 Å². The summed E-state index contributed by atoms with van der Waals surface area (Å²) < 4.78 is 7.19. The second-order valence-electron chi connectivity index (χ2n) is 4.18. The third kappa shape index (κ3) is 1.99. The lowest BCUT2D eigenvalue weighted by Crippen LogP contribution is -2.22. The van der Waals surface area contributed by atoms with Crippen molar-refractivity contribution in [1.29, 1.82) is 0 Å². The van der Waals surface area contributed by atoms with Gasteiger partial charge in [0, 0.05) is 16.4 Å². The molecule has 0 saturated carbocycles. The SMILES string of the molecule is CO[N+]1=CCc2cc(C3NC(=O)NC3=O)oc2C=C1. The molecule has 19 heavy (non-hydrogen) atoms. The van der Waals surface area contributed by atoms with Gasteiger partial charge in [0.2, 0.25) is 12.4 Å². The Morgan fingerprint density at radius 3 is 3.00 bits per heavy atom. The average molecular weight is 262 g/mol. The zero-order valence-corrected chi connectivity index (χ0v) is 10.2. The van der Waals surface area contributed by atoms with Gasteiger partial charge in [-0.15, -0.1) is 0 Å². The molecule has 2 N–H and O–H groups in total. The second kappa shape index (κ2) is 4.27. The van der Waals surface area contributed by atoms with Gasteiger partial charge in [0.1, 0.15) is 18.6 Å². The number of urea groups is 1. The molecule has 3 rings (SSSR count). The molecule has 0 aromatic carbocycles. The maximum Gasteiger partial charge on any atom is 0.322 e. The van der Waals surface area contributed by atoms with Crippen molar-refractivity contribution in [3.8, 4) is 0 Å². The lowest BCUT2D eigenvalue weighted by molar-refractivity contribution is -0.728. The monoisotopic (exact) mass is 262 g/mol. The molecule has 2 aliphatic heterocycles. The third-order valence-electron chi connectivity index (χ3n) is 2.99. The minimum atomic E-state index is -0.758. The molecule has 7 nitrogen and oxygen atoms in total. The molecule has 1 fully saturated rings. The number of rotatable bonds is 2.